The molecular formula is C18H26FN3O2. The second-order valence-electron chi connectivity index (χ2n) is 6.61. The highest BCUT2D eigenvalue weighted by Gasteiger charge is 2.28. The Kier molecular flexibility index (Phi) is 6.31. The number of nitrogens with one attached hydrogen (secondary N) is 1. The zero-order chi connectivity index (χ0) is 17.7. The average molecular weight is 335 g/mol. The lowest BCUT2D eigenvalue weighted by Crippen LogP contribution is -2.49. The Labute approximate surface area is 142 Å². The molecule has 0 spiro atoms. The highest BCUT2D eigenvalue weighted by molar-refractivity contribution is 5.81. The van der Waals surface area contributed by atoms with E-state index in [0.29, 0.717) is 19.0 Å². The van der Waals surface area contributed by atoms with Gasteiger partial charge in [-0.3, -0.25) is 9.59 Å². The number of piperidine rings is 1. The first-order valence-corrected chi connectivity index (χ1v) is 8.45. The first kappa shape index (κ1) is 18.4. The van der Waals surface area contributed by atoms with E-state index in [4.69, 9.17) is 5.73 Å². The Bertz CT molecular complexity index is 566. The minimum Gasteiger partial charge on any atom is -0.353 e. The minimum atomic E-state index is -0.464. The summed E-state index contributed by atoms with van der Waals surface area (Å²) in [5.74, 6) is -0.0374. The van der Waals surface area contributed by atoms with Crippen molar-refractivity contribution in [3.63, 3.8) is 0 Å². The number of hydrogen-bond acceptors (Lipinski definition) is 3. The molecular weight excluding hydrogens is 309 g/mol. The summed E-state index contributed by atoms with van der Waals surface area (Å²) >= 11 is 0. The van der Waals surface area contributed by atoms with Crippen molar-refractivity contribution in [2.75, 3.05) is 13.1 Å². The van der Waals surface area contributed by atoms with E-state index < -0.39 is 6.04 Å². The Morgan fingerprint density at radius 3 is 2.38 bits per heavy atom. The number of rotatable bonds is 5. The minimum absolute atomic E-state index is 0.0125. The molecule has 5 nitrogen and oxygen atoms in total. The van der Waals surface area contributed by atoms with Crippen molar-refractivity contribution in [1.29, 1.82) is 0 Å². The SMILES string of the molecule is CC(N)C(=O)N1CCC(C(C)NC(=O)Cc2ccc(F)cc2)CC1. The van der Waals surface area contributed by atoms with Crippen LogP contribution in [0.2, 0.25) is 0 Å². The summed E-state index contributed by atoms with van der Waals surface area (Å²) in [6, 6.07) is 5.55. The first-order valence-electron chi connectivity index (χ1n) is 8.45. The highest BCUT2D eigenvalue weighted by atomic mass is 19.1. The van der Waals surface area contributed by atoms with Gasteiger partial charge in [0.05, 0.1) is 12.5 Å². The van der Waals surface area contributed by atoms with Gasteiger partial charge in [-0.15, -0.1) is 0 Å². The van der Waals surface area contributed by atoms with Crippen LogP contribution in [0.4, 0.5) is 4.39 Å². The number of carbonyl (C=O) groups is 2. The Hall–Kier alpha value is -1.95. The second kappa shape index (κ2) is 8.24. The van der Waals surface area contributed by atoms with Gasteiger partial charge in [0.2, 0.25) is 11.8 Å². The van der Waals surface area contributed by atoms with Gasteiger partial charge in [0.15, 0.2) is 0 Å². The molecule has 2 unspecified atom stereocenters. The van der Waals surface area contributed by atoms with Gasteiger partial charge in [-0.2, -0.15) is 0 Å². The van der Waals surface area contributed by atoms with Crippen LogP contribution in [0.3, 0.4) is 0 Å². The number of nitrogens with two attached hydrogens (primary N) is 1. The van der Waals surface area contributed by atoms with Crippen LogP contribution in [0.5, 0.6) is 0 Å². The Morgan fingerprint density at radius 2 is 1.83 bits per heavy atom. The van der Waals surface area contributed by atoms with E-state index in [1.807, 2.05) is 6.92 Å². The van der Waals surface area contributed by atoms with Crippen molar-refractivity contribution in [3.05, 3.63) is 35.6 Å². The van der Waals surface area contributed by atoms with Crippen molar-refractivity contribution in [2.24, 2.45) is 11.7 Å². The van der Waals surface area contributed by atoms with Crippen molar-refractivity contribution < 1.29 is 14.0 Å². The first-order chi connectivity index (χ1) is 11.4. The van der Waals surface area contributed by atoms with Crippen LogP contribution in [0.15, 0.2) is 24.3 Å². The lowest BCUT2D eigenvalue weighted by molar-refractivity contribution is -0.134. The third-order valence-electron chi connectivity index (χ3n) is 4.61. The van der Waals surface area contributed by atoms with Gasteiger partial charge in [-0.1, -0.05) is 12.1 Å². The standard InChI is InChI=1S/C18H26FN3O2/c1-12(20)18(24)22-9-7-15(8-10-22)13(2)21-17(23)11-14-3-5-16(19)6-4-14/h3-6,12-13,15H,7-11,20H2,1-2H3,(H,21,23). The van der Waals surface area contributed by atoms with E-state index in [1.165, 1.54) is 12.1 Å². The van der Waals surface area contributed by atoms with Crippen LogP contribution >= 0.6 is 0 Å². The fourth-order valence-electron chi connectivity index (χ4n) is 3.12. The molecule has 1 aromatic carbocycles. The topological polar surface area (TPSA) is 75.4 Å². The summed E-state index contributed by atoms with van der Waals surface area (Å²) < 4.78 is 12.9. The third-order valence-corrected chi connectivity index (χ3v) is 4.61. The van der Waals surface area contributed by atoms with E-state index in [1.54, 1.807) is 24.0 Å². The molecule has 0 bridgehead atoms. The second-order valence-corrected chi connectivity index (χ2v) is 6.61. The maximum absolute atomic E-state index is 12.9. The van der Waals surface area contributed by atoms with Crippen LogP contribution < -0.4 is 11.1 Å². The van der Waals surface area contributed by atoms with E-state index in [2.05, 4.69) is 5.32 Å². The molecule has 2 atom stereocenters. The molecule has 0 aromatic heterocycles. The molecule has 1 fully saturated rings. The molecule has 0 aliphatic carbocycles. The van der Waals surface area contributed by atoms with Gasteiger partial charge >= 0.3 is 0 Å². The maximum atomic E-state index is 12.9. The smallest absolute Gasteiger partial charge is 0.239 e. The van der Waals surface area contributed by atoms with Crippen LogP contribution in [-0.2, 0) is 16.0 Å². The molecule has 2 amide bonds. The summed E-state index contributed by atoms with van der Waals surface area (Å²) in [5, 5.41) is 3.02. The lowest BCUT2D eigenvalue weighted by Gasteiger charge is -2.35. The number of hydrogen-bond donors (Lipinski definition) is 2. The van der Waals surface area contributed by atoms with Gasteiger partial charge < -0.3 is 16.0 Å². The fourth-order valence-corrected chi connectivity index (χ4v) is 3.12. The molecule has 0 saturated carbocycles. The zero-order valence-corrected chi connectivity index (χ0v) is 14.3. The third kappa shape index (κ3) is 5.03. The monoisotopic (exact) mass is 335 g/mol. The van der Waals surface area contributed by atoms with Gasteiger partial charge in [0.1, 0.15) is 5.82 Å². The number of likely N-dealkylation sites (tertiary alicyclic amines) is 1. The van der Waals surface area contributed by atoms with Crippen LogP contribution in [0, 0.1) is 11.7 Å². The predicted octanol–water partition coefficient (Wildman–Crippen LogP) is 1.46. The van der Waals surface area contributed by atoms with Crippen molar-refractivity contribution in [3.8, 4) is 0 Å². The molecule has 1 aliphatic rings. The van der Waals surface area contributed by atoms with E-state index >= 15 is 0 Å². The average Bonchev–Trinajstić information content (AvgIpc) is 2.56. The summed E-state index contributed by atoms with van der Waals surface area (Å²) in [5.41, 5.74) is 6.43. The van der Waals surface area contributed by atoms with E-state index in [9.17, 15) is 14.0 Å². The van der Waals surface area contributed by atoms with Gasteiger partial charge in [0, 0.05) is 19.1 Å². The number of nitrogens with zero attached hydrogens (tertiary/aromatic N) is 1. The summed E-state index contributed by atoms with van der Waals surface area (Å²) in [6.07, 6.45) is 1.96. The summed E-state index contributed by atoms with van der Waals surface area (Å²) in [4.78, 5) is 25.8. The van der Waals surface area contributed by atoms with Gasteiger partial charge in [-0.05, 0) is 50.3 Å². The number of benzene rings is 1. The summed E-state index contributed by atoms with van der Waals surface area (Å²) in [6.45, 7) is 5.06. The number of halogens is 1. The van der Waals surface area contributed by atoms with Crippen molar-refractivity contribution in [1.82, 2.24) is 10.2 Å². The zero-order valence-electron chi connectivity index (χ0n) is 14.3. The van der Waals surface area contributed by atoms with E-state index in [0.717, 1.165) is 18.4 Å². The molecule has 1 aliphatic heterocycles. The molecule has 6 heteroatoms. The predicted molar refractivity (Wildman–Crippen MR) is 90.7 cm³/mol. The highest BCUT2D eigenvalue weighted by Crippen LogP contribution is 2.21. The van der Waals surface area contributed by atoms with Crippen LogP contribution in [0.1, 0.15) is 32.3 Å². The van der Waals surface area contributed by atoms with Crippen LogP contribution in [0.25, 0.3) is 0 Å². The van der Waals surface area contributed by atoms with E-state index in [-0.39, 0.29) is 30.1 Å². The Morgan fingerprint density at radius 1 is 1.25 bits per heavy atom. The molecule has 132 valence electrons. The summed E-state index contributed by atoms with van der Waals surface area (Å²) in [7, 11) is 0. The molecule has 1 saturated heterocycles. The number of carbonyl (C=O) groups excluding carboxylic acids is 2. The molecule has 2 rings (SSSR count). The van der Waals surface area contributed by atoms with Gasteiger partial charge in [-0.25, -0.2) is 4.39 Å². The largest absolute Gasteiger partial charge is 0.353 e. The normalized spacial score (nSPS) is 18.1. The number of amides is 2. The molecule has 0 radical (unpaired) electrons. The van der Waals surface area contributed by atoms with Crippen molar-refractivity contribution in [2.45, 2.75) is 45.2 Å². The fraction of sp³-hybridized carbons (Fsp3) is 0.556. The van der Waals surface area contributed by atoms with Crippen molar-refractivity contribution >= 4 is 11.8 Å². The lowest BCUT2D eigenvalue weighted by atomic mass is 9.90. The maximum Gasteiger partial charge on any atom is 0.239 e. The quantitative estimate of drug-likeness (QED) is 0.855. The molecule has 1 aromatic rings. The Balaban J connectivity index is 1.78. The molecule has 24 heavy (non-hydrogen) atoms. The van der Waals surface area contributed by atoms with Gasteiger partial charge in [0.25, 0.3) is 0 Å². The molecule has 1 heterocycles. The van der Waals surface area contributed by atoms with Crippen LogP contribution in [-0.4, -0.2) is 41.9 Å². The molecule has 3 N–H and O–H groups in total.